The highest BCUT2D eigenvalue weighted by atomic mass is 79.9. The highest BCUT2D eigenvalue weighted by Gasteiger charge is 2.16. The summed E-state index contributed by atoms with van der Waals surface area (Å²) in [6.45, 7) is 4.62. The Hall–Kier alpha value is -2.67. The number of hydrogen-bond donors (Lipinski definition) is 1. The van der Waals surface area contributed by atoms with Crippen LogP contribution in [0.2, 0.25) is 0 Å². The fourth-order valence-corrected chi connectivity index (χ4v) is 3.71. The van der Waals surface area contributed by atoms with Gasteiger partial charge in [0.15, 0.2) is 0 Å². The molecular formula is C23H24BrFN2O3. The average molecular weight is 475 g/mol. The normalized spacial score (nSPS) is 12.7. The number of ether oxygens (including phenoxy) is 1. The molecule has 1 aliphatic heterocycles. The van der Waals surface area contributed by atoms with E-state index in [9.17, 15) is 14.0 Å². The van der Waals surface area contributed by atoms with Gasteiger partial charge in [0.25, 0.3) is 0 Å². The van der Waals surface area contributed by atoms with Crippen molar-refractivity contribution in [1.82, 2.24) is 4.90 Å². The molecule has 30 heavy (non-hydrogen) atoms. The molecular weight excluding hydrogens is 451 g/mol. The van der Waals surface area contributed by atoms with Gasteiger partial charge in [-0.15, -0.1) is 6.58 Å². The van der Waals surface area contributed by atoms with Gasteiger partial charge < -0.3 is 15.0 Å². The highest BCUT2D eigenvalue weighted by Crippen LogP contribution is 2.27. The Kier molecular flexibility index (Phi) is 7.63. The van der Waals surface area contributed by atoms with Crippen LogP contribution >= 0.6 is 15.9 Å². The number of carbonyl (C=O) groups is 2. The van der Waals surface area contributed by atoms with Crippen LogP contribution in [0.3, 0.4) is 0 Å². The van der Waals surface area contributed by atoms with E-state index in [-0.39, 0.29) is 24.2 Å². The minimum Gasteiger partial charge on any atom is -0.494 e. The predicted octanol–water partition coefficient (Wildman–Crippen LogP) is 4.85. The van der Waals surface area contributed by atoms with Crippen molar-refractivity contribution < 1.29 is 18.7 Å². The van der Waals surface area contributed by atoms with Gasteiger partial charge in [0.05, 0.1) is 6.61 Å². The standard InChI is InChI=1S/C23H24BrFN2O3/c1-2-11-27(15-17-13-18(24)6-8-20(17)25)23(29)4-3-12-30-19-7-9-21-16(14-19)5-10-22(28)26-21/h2,6-9,13-14H,1,3-5,10-12,15H2,(H,26,28). The Morgan fingerprint density at radius 1 is 1.27 bits per heavy atom. The molecule has 7 heteroatoms. The van der Waals surface area contributed by atoms with Gasteiger partial charge in [0, 0.05) is 41.7 Å². The van der Waals surface area contributed by atoms with Crippen molar-refractivity contribution in [2.24, 2.45) is 0 Å². The summed E-state index contributed by atoms with van der Waals surface area (Å²) in [5.41, 5.74) is 2.34. The summed E-state index contributed by atoms with van der Waals surface area (Å²) < 4.78 is 20.6. The summed E-state index contributed by atoms with van der Waals surface area (Å²) in [6.07, 6.45) is 3.64. The molecule has 0 bridgehead atoms. The van der Waals surface area contributed by atoms with Gasteiger partial charge >= 0.3 is 0 Å². The number of fused-ring (bicyclic) bond motifs is 1. The van der Waals surface area contributed by atoms with E-state index in [1.165, 1.54) is 6.07 Å². The molecule has 0 radical (unpaired) electrons. The highest BCUT2D eigenvalue weighted by molar-refractivity contribution is 9.10. The Morgan fingerprint density at radius 2 is 2.10 bits per heavy atom. The molecule has 0 fully saturated rings. The topological polar surface area (TPSA) is 58.6 Å². The molecule has 0 aliphatic carbocycles. The first-order chi connectivity index (χ1) is 14.5. The molecule has 0 spiro atoms. The fourth-order valence-electron chi connectivity index (χ4n) is 3.30. The third-order valence-corrected chi connectivity index (χ3v) is 5.34. The number of rotatable bonds is 9. The first-order valence-corrected chi connectivity index (χ1v) is 10.6. The van der Waals surface area contributed by atoms with Crippen molar-refractivity contribution in [2.75, 3.05) is 18.5 Å². The molecule has 0 atom stereocenters. The van der Waals surface area contributed by atoms with Crippen molar-refractivity contribution in [3.8, 4) is 5.75 Å². The Balaban J connectivity index is 1.50. The maximum atomic E-state index is 14.0. The second-order valence-electron chi connectivity index (χ2n) is 7.12. The van der Waals surface area contributed by atoms with E-state index in [2.05, 4.69) is 27.8 Å². The van der Waals surface area contributed by atoms with Gasteiger partial charge in [-0.2, -0.15) is 0 Å². The summed E-state index contributed by atoms with van der Waals surface area (Å²) in [6, 6.07) is 10.3. The monoisotopic (exact) mass is 474 g/mol. The minimum atomic E-state index is -0.341. The lowest BCUT2D eigenvalue weighted by atomic mass is 10.0. The van der Waals surface area contributed by atoms with Crippen molar-refractivity contribution in [2.45, 2.75) is 32.2 Å². The lowest BCUT2D eigenvalue weighted by molar-refractivity contribution is -0.131. The molecule has 0 unspecified atom stereocenters. The number of halogens is 2. The van der Waals surface area contributed by atoms with Gasteiger partial charge in [0.1, 0.15) is 11.6 Å². The number of nitrogens with zero attached hydrogens (tertiary/aromatic N) is 1. The third-order valence-electron chi connectivity index (χ3n) is 4.85. The fraction of sp³-hybridized carbons (Fsp3) is 0.304. The molecule has 5 nitrogen and oxygen atoms in total. The molecule has 158 valence electrons. The number of amides is 2. The zero-order valence-corrected chi connectivity index (χ0v) is 18.2. The Bertz CT molecular complexity index is 948. The first-order valence-electron chi connectivity index (χ1n) is 9.84. The van der Waals surface area contributed by atoms with Gasteiger partial charge in [-0.25, -0.2) is 4.39 Å². The van der Waals surface area contributed by atoms with E-state index in [1.807, 2.05) is 18.2 Å². The zero-order chi connectivity index (χ0) is 21.5. The minimum absolute atomic E-state index is 0.0292. The molecule has 0 aromatic heterocycles. The van der Waals surface area contributed by atoms with Gasteiger partial charge in [-0.1, -0.05) is 22.0 Å². The van der Waals surface area contributed by atoms with Crippen LogP contribution in [-0.4, -0.2) is 29.9 Å². The zero-order valence-electron chi connectivity index (χ0n) is 16.6. The van der Waals surface area contributed by atoms with Crippen molar-refractivity contribution in [3.05, 3.63) is 70.5 Å². The predicted molar refractivity (Wildman–Crippen MR) is 118 cm³/mol. The van der Waals surface area contributed by atoms with Crippen molar-refractivity contribution in [1.29, 1.82) is 0 Å². The van der Waals surface area contributed by atoms with Gasteiger partial charge in [-0.3, -0.25) is 9.59 Å². The Morgan fingerprint density at radius 3 is 2.90 bits per heavy atom. The smallest absolute Gasteiger partial charge is 0.224 e. The number of aryl methyl sites for hydroxylation is 1. The molecule has 1 N–H and O–H groups in total. The quantitative estimate of drug-likeness (QED) is 0.417. The van der Waals surface area contributed by atoms with Crippen LogP contribution in [0.5, 0.6) is 5.75 Å². The van der Waals surface area contributed by atoms with E-state index in [0.29, 0.717) is 44.4 Å². The van der Waals surface area contributed by atoms with Crippen LogP contribution in [0, 0.1) is 5.82 Å². The van der Waals surface area contributed by atoms with Crippen LogP contribution in [-0.2, 0) is 22.6 Å². The van der Waals surface area contributed by atoms with E-state index in [1.54, 1.807) is 23.1 Å². The molecule has 2 aromatic rings. The third kappa shape index (κ3) is 5.92. The Labute approximate surface area is 184 Å². The van der Waals surface area contributed by atoms with E-state index in [4.69, 9.17) is 4.74 Å². The lowest BCUT2D eigenvalue weighted by Crippen LogP contribution is -2.31. The summed E-state index contributed by atoms with van der Waals surface area (Å²) >= 11 is 3.33. The summed E-state index contributed by atoms with van der Waals surface area (Å²) in [5.74, 6) is 0.330. The van der Waals surface area contributed by atoms with Crippen LogP contribution in [0.25, 0.3) is 0 Å². The number of carbonyl (C=O) groups excluding carboxylic acids is 2. The number of hydrogen-bond acceptors (Lipinski definition) is 3. The maximum Gasteiger partial charge on any atom is 0.224 e. The average Bonchev–Trinajstić information content (AvgIpc) is 2.73. The second kappa shape index (κ2) is 10.4. The second-order valence-corrected chi connectivity index (χ2v) is 8.03. The number of anilines is 1. The molecule has 3 rings (SSSR count). The van der Waals surface area contributed by atoms with E-state index >= 15 is 0 Å². The first kappa shape index (κ1) is 22.0. The van der Waals surface area contributed by atoms with Gasteiger partial charge in [-0.05, 0) is 54.8 Å². The maximum absolute atomic E-state index is 14.0. The molecule has 0 saturated carbocycles. The van der Waals surface area contributed by atoms with Crippen LogP contribution in [0.15, 0.2) is 53.5 Å². The van der Waals surface area contributed by atoms with Gasteiger partial charge in [0.2, 0.25) is 11.8 Å². The molecule has 0 saturated heterocycles. The number of benzene rings is 2. The largest absolute Gasteiger partial charge is 0.494 e. The summed E-state index contributed by atoms with van der Waals surface area (Å²) in [4.78, 5) is 25.6. The van der Waals surface area contributed by atoms with Crippen molar-refractivity contribution >= 4 is 33.4 Å². The lowest BCUT2D eigenvalue weighted by Gasteiger charge is -2.22. The summed E-state index contributed by atoms with van der Waals surface area (Å²) in [5, 5.41) is 2.84. The molecule has 1 heterocycles. The van der Waals surface area contributed by atoms with E-state index < -0.39 is 0 Å². The molecule has 2 amide bonds. The summed E-state index contributed by atoms with van der Waals surface area (Å²) in [7, 11) is 0. The SMILES string of the molecule is C=CCN(Cc1cc(Br)ccc1F)C(=O)CCCOc1ccc2c(c1)CCC(=O)N2. The van der Waals surface area contributed by atoms with E-state index in [0.717, 1.165) is 21.5 Å². The van der Waals surface area contributed by atoms with Crippen LogP contribution in [0.1, 0.15) is 30.4 Å². The van der Waals surface area contributed by atoms with Crippen LogP contribution in [0.4, 0.5) is 10.1 Å². The van der Waals surface area contributed by atoms with Crippen molar-refractivity contribution in [3.63, 3.8) is 0 Å². The number of nitrogens with one attached hydrogen (secondary N) is 1. The molecule has 1 aliphatic rings. The molecule has 2 aromatic carbocycles. The van der Waals surface area contributed by atoms with Crippen LogP contribution < -0.4 is 10.1 Å².